The van der Waals surface area contributed by atoms with E-state index in [1.165, 1.54) is 13.2 Å². The molecule has 21 heavy (non-hydrogen) atoms. The molecule has 1 unspecified atom stereocenters. The lowest BCUT2D eigenvalue weighted by Crippen LogP contribution is -2.09. The maximum atomic E-state index is 12.4. The van der Waals surface area contributed by atoms with Crippen LogP contribution in [0.4, 0.5) is 14.5 Å². The summed E-state index contributed by atoms with van der Waals surface area (Å²) >= 11 is 0. The highest BCUT2D eigenvalue weighted by Gasteiger charge is 2.15. The van der Waals surface area contributed by atoms with Crippen molar-refractivity contribution >= 4 is 5.69 Å². The van der Waals surface area contributed by atoms with Crippen LogP contribution in [0, 0.1) is 0 Å². The van der Waals surface area contributed by atoms with Crippen molar-refractivity contribution in [1.29, 1.82) is 0 Å². The Bertz CT molecular complexity index is 558. The van der Waals surface area contributed by atoms with Gasteiger partial charge in [-0.3, -0.25) is 0 Å². The topological polar surface area (TPSA) is 43.6 Å². The molecule has 0 saturated heterocycles. The van der Waals surface area contributed by atoms with Gasteiger partial charge in [0, 0.05) is 11.8 Å². The summed E-state index contributed by atoms with van der Waals surface area (Å²) in [6.07, 6.45) is 2.38. The molecule has 0 fully saturated rings. The van der Waals surface area contributed by atoms with Gasteiger partial charge >= 0.3 is 6.61 Å². The van der Waals surface area contributed by atoms with Gasteiger partial charge in [-0.25, -0.2) is 0 Å². The summed E-state index contributed by atoms with van der Waals surface area (Å²) in [6, 6.07) is 8.42. The SMILES string of the molecule is CCC(Nc1ccc(OC)c(OC(F)F)c1)c1ccco1. The summed E-state index contributed by atoms with van der Waals surface area (Å²) in [7, 11) is 1.40. The molecule has 0 aliphatic rings. The highest BCUT2D eigenvalue weighted by molar-refractivity contribution is 5.55. The van der Waals surface area contributed by atoms with Gasteiger partial charge in [0.15, 0.2) is 11.5 Å². The van der Waals surface area contributed by atoms with Gasteiger partial charge in [-0.1, -0.05) is 6.92 Å². The van der Waals surface area contributed by atoms with Crippen LogP contribution in [0.2, 0.25) is 0 Å². The number of alkyl halides is 2. The van der Waals surface area contributed by atoms with Crippen LogP contribution in [0.3, 0.4) is 0 Å². The number of halogens is 2. The Hall–Kier alpha value is -2.24. The Balaban J connectivity index is 2.19. The Morgan fingerprint density at radius 2 is 2.05 bits per heavy atom. The number of hydrogen-bond donors (Lipinski definition) is 1. The van der Waals surface area contributed by atoms with E-state index in [9.17, 15) is 8.78 Å². The summed E-state index contributed by atoms with van der Waals surface area (Å²) in [5.41, 5.74) is 0.648. The second-order valence-electron chi connectivity index (χ2n) is 4.36. The molecule has 1 aromatic carbocycles. The molecule has 2 rings (SSSR count). The summed E-state index contributed by atoms with van der Waals surface area (Å²) in [4.78, 5) is 0. The van der Waals surface area contributed by atoms with Crippen molar-refractivity contribution in [3.63, 3.8) is 0 Å². The summed E-state index contributed by atoms with van der Waals surface area (Å²) in [5, 5.41) is 3.22. The summed E-state index contributed by atoms with van der Waals surface area (Å²) < 4.78 is 39.6. The molecule has 0 bridgehead atoms. The van der Waals surface area contributed by atoms with E-state index in [0.29, 0.717) is 5.69 Å². The third-order valence-corrected chi connectivity index (χ3v) is 3.02. The zero-order chi connectivity index (χ0) is 15.2. The average molecular weight is 297 g/mol. The van der Waals surface area contributed by atoms with Crippen LogP contribution in [-0.4, -0.2) is 13.7 Å². The van der Waals surface area contributed by atoms with Crippen molar-refractivity contribution in [2.45, 2.75) is 26.0 Å². The number of furan rings is 1. The molecule has 114 valence electrons. The van der Waals surface area contributed by atoms with Crippen molar-refractivity contribution in [1.82, 2.24) is 0 Å². The van der Waals surface area contributed by atoms with Crippen LogP contribution in [0.1, 0.15) is 25.1 Å². The van der Waals surface area contributed by atoms with Gasteiger partial charge in [-0.15, -0.1) is 0 Å². The van der Waals surface area contributed by atoms with Gasteiger partial charge < -0.3 is 19.2 Å². The monoisotopic (exact) mass is 297 g/mol. The first kappa shape index (κ1) is 15.2. The Morgan fingerprint density at radius 3 is 2.62 bits per heavy atom. The molecule has 0 saturated carbocycles. The zero-order valence-corrected chi connectivity index (χ0v) is 11.8. The zero-order valence-electron chi connectivity index (χ0n) is 11.8. The number of hydrogen-bond acceptors (Lipinski definition) is 4. The number of benzene rings is 1. The minimum Gasteiger partial charge on any atom is -0.493 e. The predicted molar refractivity (Wildman–Crippen MR) is 75.0 cm³/mol. The second kappa shape index (κ2) is 6.97. The molecule has 1 heterocycles. The van der Waals surface area contributed by atoms with Gasteiger partial charge in [0.05, 0.1) is 19.4 Å². The second-order valence-corrected chi connectivity index (χ2v) is 4.36. The molecular formula is C15H17F2NO3. The number of ether oxygens (including phenoxy) is 2. The van der Waals surface area contributed by atoms with E-state index in [-0.39, 0.29) is 17.5 Å². The molecule has 4 nitrogen and oxygen atoms in total. The number of methoxy groups -OCH3 is 1. The van der Waals surface area contributed by atoms with Crippen LogP contribution in [0.5, 0.6) is 11.5 Å². The largest absolute Gasteiger partial charge is 0.493 e. The van der Waals surface area contributed by atoms with Crippen LogP contribution < -0.4 is 14.8 Å². The molecule has 0 spiro atoms. The predicted octanol–water partition coefficient (Wildman–Crippen LogP) is 4.45. The van der Waals surface area contributed by atoms with Crippen molar-refractivity contribution in [2.75, 3.05) is 12.4 Å². The van der Waals surface area contributed by atoms with Crippen LogP contribution in [0.25, 0.3) is 0 Å². The number of rotatable bonds is 7. The van der Waals surface area contributed by atoms with Gasteiger partial charge in [0.25, 0.3) is 0 Å². The maximum Gasteiger partial charge on any atom is 0.387 e. The van der Waals surface area contributed by atoms with Crippen molar-refractivity contribution in [3.8, 4) is 11.5 Å². The average Bonchev–Trinajstić information content (AvgIpc) is 2.98. The molecular weight excluding hydrogens is 280 g/mol. The Morgan fingerprint density at radius 1 is 1.24 bits per heavy atom. The third kappa shape index (κ3) is 3.87. The lowest BCUT2D eigenvalue weighted by molar-refractivity contribution is -0.0511. The van der Waals surface area contributed by atoms with Gasteiger partial charge in [-0.05, 0) is 30.7 Å². The van der Waals surface area contributed by atoms with Crippen molar-refractivity contribution in [3.05, 3.63) is 42.4 Å². The van der Waals surface area contributed by atoms with Gasteiger partial charge in [0.1, 0.15) is 5.76 Å². The van der Waals surface area contributed by atoms with E-state index in [2.05, 4.69) is 10.1 Å². The fourth-order valence-corrected chi connectivity index (χ4v) is 2.02. The third-order valence-electron chi connectivity index (χ3n) is 3.02. The number of nitrogens with one attached hydrogen (secondary N) is 1. The molecule has 0 aliphatic heterocycles. The Labute approximate surface area is 121 Å². The Kier molecular flexibility index (Phi) is 5.03. The molecule has 0 radical (unpaired) electrons. The minimum absolute atomic E-state index is 0.00759. The molecule has 2 aromatic rings. The van der Waals surface area contributed by atoms with Crippen molar-refractivity contribution in [2.24, 2.45) is 0 Å². The minimum atomic E-state index is -2.90. The van der Waals surface area contributed by atoms with Crippen molar-refractivity contribution < 1.29 is 22.7 Å². The first-order chi connectivity index (χ1) is 10.1. The molecule has 1 N–H and O–H groups in total. The highest BCUT2D eigenvalue weighted by atomic mass is 19.3. The van der Waals surface area contributed by atoms with Gasteiger partial charge in [-0.2, -0.15) is 8.78 Å². The van der Waals surface area contributed by atoms with E-state index < -0.39 is 6.61 Å². The molecule has 1 aromatic heterocycles. The summed E-state index contributed by atoms with van der Waals surface area (Å²) in [6.45, 7) is -0.901. The molecule has 0 aliphatic carbocycles. The smallest absolute Gasteiger partial charge is 0.387 e. The first-order valence-corrected chi connectivity index (χ1v) is 6.56. The van der Waals surface area contributed by atoms with Crippen LogP contribution >= 0.6 is 0 Å². The van der Waals surface area contributed by atoms with E-state index in [1.807, 2.05) is 13.0 Å². The van der Waals surface area contributed by atoms with E-state index in [0.717, 1.165) is 12.2 Å². The fourth-order valence-electron chi connectivity index (χ4n) is 2.02. The highest BCUT2D eigenvalue weighted by Crippen LogP contribution is 2.33. The van der Waals surface area contributed by atoms with Gasteiger partial charge in [0.2, 0.25) is 0 Å². The van der Waals surface area contributed by atoms with Crippen LogP contribution in [-0.2, 0) is 0 Å². The molecule has 1 atom stereocenters. The molecule has 6 heteroatoms. The van der Waals surface area contributed by atoms with E-state index >= 15 is 0 Å². The fraction of sp³-hybridized carbons (Fsp3) is 0.333. The number of anilines is 1. The van der Waals surface area contributed by atoms with Crippen LogP contribution in [0.15, 0.2) is 41.0 Å². The van der Waals surface area contributed by atoms with E-state index in [4.69, 9.17) is 9.15 Å². The first-order valence-electron chi connectivity index (χ1n) is 6.56. The van der Waals surface area contributed by atoms with E-state index in [1.54, 1.807) is 24.5 Å². The lowest BCUT2D eigenvalue weighted by atomic mass is 10.1. The normalized spacial score (nSPS) is 12.2. The summed E-state index contributed by atoms with van der Waals surface area (Å²) in [5.74, 6) is 1.03. The lowest BCUT2D eigenvalue weighted by Gasteiger charge is -2.18. The quantitative estimate of drug-likeness (QED) is 0.819. The standard InChI is InChI=1S/C15H17F2NO3/c1-3-11(12-5-4-8-20-12)18-10-6-7-13(19-2)14(9-10)21-15(16)17/h4-9,11,15,18H,3H2,1-2H3. The molecule has 0 amide bonds. The maximum absolute atomic E-state index is 12.4.